The van der Waals surface area contributed by atoms with Crippen molar-refractivity contribution in [2.45, 2.75) is 63.2 Å². The second kappa shape index (κ2) is 10.4. The molecule has 0 aromatic heterocycles. The van der Waals surface area contributed by atoms with Crippen molar-refractivity contribution >= 4 is 33.4 Å². The highest BCUT2D eigenvalue weighted by Gasteiger charge is 2.47. The van der Waals surface area contributed by atoms with E-state index in [0.717, 1.165) is 44.9 Å². The third-order valence-electron chi connectivity index (χ3n) is 6.97. The highest BCUT2D eigenvalue weighted by Crippen LogP contribution is 2.38. The number of nitrogens with one attached hydrogen (secondary N) is 1. The summed E-state index contributed by atoms with van der Waals surface area (Å²) >= 11 is 0. The number of carbonyl (C=O) groups excluding carboxylic acids is 3. The van der Waals surface area contributed by atoms with E-state index in [9.17, 15) is 22.8 Å². The van der Waals surface area contributed by atoms with Gasteiger partial charge in [-0.05, 0) is 50.8 Å². The average molecular weight is 492 g/mol. The molecule has 1 aromatic rings. The fourth-order valence-corrected chi connectivity index (χ4v) is 6.72. The van der Waals surface area contributed by atoms with Crippen molar-refractivity contribution in [1.29, 1.82) is 0 Å². The molecule has 3 amide bonds. The Morgan fingerprint density at radius 2 is 1.68 bits per heavy atom. The van der Waals surface area contributed by atoms with Gasteiger partial charge in [-0.3, -0.25) is 19.3 Å². The van der Waals surface area contributed by atoms with Crippen LogP contribution in [0.3, 0.4) is 0 Å². The van der Waals surface area contributed by atoms with Crippen LogP contribution in [0.1, 0.15) is 58.3 Å². The minimum atomic E-state index is -3.68. The van der Waals surface area contributed by atoms with Crippen molar-refractivity contribution in [3.8, 4) is 5.75 Å². The number of sulfonamides is 1. The molecule has 2 atom stereocenters. The van der Waals surface area contributed by atoms with Crippen molar-refractivity contribution < 1.29 is 27.5 Å². The highest BCUT2D eigenvalue weighted by atomic mass is 32.2. The zero-order chi connectivity index (χ0) is 24.3. The number of rotatable bonds is 8. The first kappa shape index (κ1) is 24.7. The Balaban J connectivity index is 1.45. The smallest absolute Gasteiger partial charge is 0.243 e. The summed E-state index contributed by atoms with van der Waals surface area (Å²) < 4.78 is 33.2. The largest absolute Gasteiger partial charge is 0.492 e. The summed E-state index contributed by atoms with van der Waals surface area (Å²) in [7, 11) is -3.68. The quantitative estimate of drug-likeness (QED) is 0.560. The first-order valence-corrected chi connectivity index (χ1v) is 13.7. The van der Waals surface area contributed by atoms with Crippen molar-refractivity contribution in [2.24, 2.45) is 11.8 Å². The molecule has 1 N–H and O–H groups in total. The molecule has 2 aliphatic heterocycles. The minimum Gasteiger partial charge on any atom is -0.492 e. The van der Waals surface area contributed by atoms with Crippen molar-refractivity contribution in [3.63, 3.8) is 0 Å². The summed E-state index contributed by atoms with van der Waals surface area (Å²) in [4.78, 5) is 39.4. The normalized spacial score (nSPS) is 23.6. The molecule has 2 saturated heterocycles. The predicted molar refractivity (Wildman–Crippen MR) is 126 cm³/mol. The summed E-state index contributed by atoms with van der Waals surface area (Å²) in [6.07, 6.45) is 5.97. The first-order valence-electron chi connectivity index (χ1n) is 12.2. The summed E-state index contributed by atoms with van der Waals surface area (Å²) in [5.74, 6) is -0.882. The van der Waals surface area contributed by atoms with Gasteiger partial charge in [0.25, 0.3) is 0 Å². The van der Waals surface area contributed by atoms with Crippen molar-refractivity contribution in [3.05, 3.63) is 18.2 Å². The molecule has 1 saturated carbocycles. The van der Waals surface area contributed by atoms with Gasteiger partial charge < -0.3 is 10.1 Å². The molecular weight excluding hydrogens is 458 g/mol. The Labute approximate surface area is 200 Å². The SMILES string of the molecule is CCOc1ccc(S(=O)(=O)N2CCCCC2)cc1NC(=O)CCN1C(=O)[C@H]2CCCC[C@H]2C1=O. The van der Waals surface area contributed by atoms with Crippen LogP contribution in [0.15, 0.2) is 23.1 Å². The van der Waals surface area contributed by atoms with Crippen LogP contribution in [0.2, 0.25) is 0 Å². The second-order valence-electron chi connectivity index (χ2n) is 9.18. The van der Waals surface area contributed by atoms with E-state index in [0.29, 0.717) is 25.4 Å². The number of benzene rings is 1. The Morgan fingerprint density at radius 3 is 2.29 bits per heavy atom. The highest BCUT2D eigenvalue weighted by molar-refractivity contribution is 7.89. The molecule has 2 heterocycles. The van der Waals surface area contributed by atoms with Crippen LogP contribution in [0.5, 0.6) is 5.75 Å². The number of piperidine rings is 1. The molecule has 186 valence electrons. The van der Waals surface area contributed by atoms with Crippen LogP contribution in [-0.4, -0.2) is 61.6 Å². The number of imide groups is 1. The summed E-state index contributed by atoms with van der Waals surface area (Å²) in [5, 5.41) is 2.73. The van der Waals surface area contributed by atoms with E-state index in [1.165, 1.54) is 21.3 Å². The molecular formula is C24H33N3O6S. The standard InChI is InChI=1S/C24H33N3O6S/c1-2-33-21-11-10-17(34(31,32)26-13-6-3-7-14-26)16-20(21)25-22(28)12-15-27-23(29)18-8-4-5-9-19(18)24(27)30/h10-11,16,18-19H,2-9,12-15H2,1H3,(H,25,28)/t18-,19+. The Kier molecular flexibility index (Phi) is 7.57. The van der Waals surface area contributed by atoms with Crippen LogP contribution < -0.4 is 10.1 Å². The van der Waals surface area contributed by atoms with E-state index in [4.69, 9.17) is 4.74 Å². The maximum absolute atomic E-state index is 13.1. The number of anilines is 1. The summed E-state index contributed by atoms with van der Waals surface area (Å²) in [6.45, 7) is 3.13. The molecule has 9 nitrogen and oxygen atoms in total. The molecule has 3 aliphatic rings. The molecule has 1 aliphatic carbocycles. The monoisotopic (exact) mass is 491 g/mol. The molecule has 4 rings (SSSR count). The van der Waals surface area contributed by atoms with Crippen molar-refractivity contribution in [1.82, 2.24) is 9.21 Å². The molecule has 10 heteroatoms. The summed E-state index contributed by atoms with van der Waals surface area (Å²) in [5.41, 5.74) is 0.262. The third-order valence-corrected chi connectivity index (χ3v) is 8.87. The number of amides is 3. The minimum absolute atomic E-state index is 0.0201. The molecule has 0 unspecified atom stereocenters. The predicted octanol–water partition coefficient (Wildman–Crippen LogP) is 2.76. The van der Waals surface area contributed by atoms with Gasteiger partial charge in [0.1, 0.15) is 5.75 Å². The Hall–Kier alpha value is -2.46. The molecule has 0 bridgehead atoms. The van der Waals surface area contributed by atoms with E-state index >= 15 is 0 Å². The third kappa shape index (κ3) is 4.98. The van der Waals surface area contributed by atoms with Crippen LogP contribution in [0, 0.1) is 11.8 Å². The van der Waals surface area contributed by atoms with Crippen LogP contribution in [0.25, 0.3) is 0 Å². The fourth-order valence-electron chi connectivity index (χ4n) is 5.18. The lowest BCUT2D eigenvalue weighted by molar-refractivity contribution is -0.140. The molecule has 1 aromatic carbocycles. The Morgan fingerprint density at radius 1 is 1.03 bits per heavy atom. The lowest BCUT2D eigenvalue weighted by Crippen LogP contribution is -2.35. The van der Waals surface area contributed by atoms with Gasteiger partial charge in [0.05, 0.1) is 29.0 Å². The van der Waals surface area contributed by atoms with Crippen molar-refractivity contribution in [2.75, 3.05) is 31.6 Å². The van der Waals surface area contributed by atoms with Gasteiger partial charge in [0.15, 0.2) is 0 Å². The number of likely N-dealkylation sites (tertiary alicyclic amines) is 1. The average Bonchev–Trinajstić information content (AvgIpc) is 3.09. The maximum Gasteiger partial charge on any atom is 0.243 e. The van der Waals surface area contributed by atoms with Gasteiger partial charge in [-0.1, -0.05) is 19.3 Å². The van der Waals surface area contributed by atoms with Gasteiger partial charge in [0.2, 0.25) is 27.7 Å². The number of ether oxygens (including phenoxy) is 1. The van der Waals surface area contributed by atoms with Gasteiger partial charge >= 0.3 is 0 Å². The van der Waals surface area contributed by atoms with E-state index in [-0.39, 0.29) is 47.2 Å². The van der Waals surface area contributed by atoms with Crippen LogP contribution in [-0.2, 0) is 24.4 Å². The first-order chi connectivity index (χ1) is 16.3. The number of hydrogen-bond donors (Lipinski definition) is 1. The number of fused-ring (bicyclic) bond motifs is 1. The van der Waals surface area contributed by atoms with Gasteiger partial charge in [-0.2, -0.15) is 4.31 Å². The number of hydrogen-bond acceptors (Lipinski definition) is 6. The van der Waals surface area contributed by atoms with Gasteiger partial charge in [0, 0.05) is 26.1 Å². The van der Waals surface area contributed by atoms with Crippen LogP contribution in [0.4, 0.5) is 5.69 Å². The van der Waals surface area contributed by atoms with E-state index < -0.39 is 15.9 Å². The lowest BCUT2D eigenvalue weighted by Gasteiger charge is -2.26. The number of carbonyl (C=O) groups is 3. The van der Waals surface area contributed by atoms with E-state index in [2.05, 4.69) is 5.32 Å². The molecule has 0 spiro atoms. The van der Waals surface area contributed by atoms with Gasteiger partial charge in [-0.15, -0.1) is 0 Å². The zero-order valence-corrected chi connectivity index (χ0v) is 20.4. The maximum atomic E-state index is 13.1. The molecule has 3 fully saturated rings. The Bertz CT molecular complexity index is 1030. The lowest BCUT2D eigenvalue weighted by atomic mass is 9.81. The van der Waals surface area contributed by atoms with E-state index in [1.54, 1.807) is 13.0 Å². The van der Waals surface area contributed by atoms with Crippen LogP contribution >= 0.6 is 0 Å². The molecule has 34 heavy (non-hydrogen) atoms. The molecule has 0 radical (unpaired) electrons. The summed E-state index contributed by atoms with van der Waals surface area (Å²) in [6, 6.07) is 4.47. The van der Waals surface area contributed by atoms with E-state index in [1.807, 2.05) is 0 Å². The fraction of sp³-hybridized carbons (Fsp3) is 0.625. The topological polar surface area (TPSA) is 113 Å². The van der Waals surface area contributed by atoms with Gasteiger partial charge in [-0.25, -0.2) is 8.42 Å². The number of nitrogens with zero attached hydrogens (tertiary/aromatic N) is 2. The zero-order valence-electron chi connectivity index (χ0n) is 19.6. The second-order valence-corrected chi connectivity index (χ2v) is 11.1.